The van der Waals surface area contributed by atoms with Crippen LogP contribution in [0.4, 0.5) is 17.1 Å². The van der Waals surface area contributed by atoms with Crippen molar-refractivity contribution in [2.24, 2.45) is 49.4 Å². The number of rotatable bonds is 29. The van der Waals surface area contributed by atoms with Gasteiger partial charge < -0.3 is 85.6 Å². The molecule has 0 heterocycles. The number of carboxylic acid groups (broad SMARTS) is 1. The fourth-order valence-corrected chi connectivity index (χ4v) is 6.51. The molecule has 0 saturated heterocycles. The molecule has 3 aromatic carbocycles. The fraction of sp³-hybridized carbons (Fsp3) is 0.364. The summed E-state index contributed by atoms with van der Waals surface area (Å²) in [5.41, 5.74) is 33.0. The van der Waals surface area contributed by atoms with Gasteiger partial charge in [-0.15, -0.1) is 0 Å². The number of carbonyl (C=O) groups is 7. The van der Waals surface area contributed by atoms with Crippen LogP contribution in [-0.2, 0) is 19.2 Å². The summed E-state index contributed by atoms with van der Waals surface area (Å²) in [6.45, 7) is 1.54. The second-order valence-electron chi connectivity index (χ2n) is 15.2. The van der Waals surface area contributed by atoms with E-state index >= 15 is 0 Å². The topological polar surface area (TPSA) is 433 Å². The van der Waals surface area contributed by atoms with Gasteiger partial charge in [-0.25, -0.2) is 4.79 Å². The first-order valence-electron chi connectivity index (χ1n) is 21.6. The van der Waals surface area contributed by atoms with E-state index in [4.69, 9.17) is 48.6 Å². The maximum absolute atomic E-state index is 14.1. The summed E-state index contributed by atoms with van der Waals surface area (Å²) < 4.78 is 16.2. The standard InChI is InChI=1S/C44H61N15O11/c1-24(7-4-16-51-42(45)46)55-37(63)30-21-27(12-15-35(30)70-22-36(61)62)57-41(67)32(9-6-18-53-44(49)50)59-39(65)29-20-26(11-14-34(29)69-3)56-40(66)31(8-5-17-52-43(47)48)58-38(64)28-19-25(54-23-60)10-13-33(28)68-2/h10-15,19-21,23-24,31-32H,4-9,16-18,22H2,1-3H3,(H,54,60)(H,55,63)(H,56,66)(H,57,67)(H,58,64)(H,59,65)(H,61,62)(H4,45,46,51)(H4,47,48,52)(H4,49,50,53)/t24?,31-,32?/m0/s1. The zero-order valence-electron chi connectivity index (χ0n) is 38.9. The minimum absolute atomic E-state index is 0.00224. The Bertz CT molecular complexity index is 2420. The number of ether oxygens (including phenoxy) is 3. The monoisotopic (exact) mass is 975 g/mol. The van der Waals surface area contributed by atoms with Crippen molar-refractivity contribution in [3.63, 3.8) is 0 Å². The molecule has 0 aliphatic rings. The Morgan fingerprint density at radius 1 is 0.586 bits per heavy atom. The van der Waals surface area contributed by atoms with E-state index in [-0.39, 0.29) is 108 Å². The smallest absolute Gasteiger partial charge is 0.341 e. The van der Waals surface area contributed by atoms with Crippen LogP contribution in [0.5, 0.6) is 17.2 Å². The highest BCUT2D eigenvalue weighted by Crippen LogP contribution is 2.27. The second kappa shape index (κ2) is 28.4. The summed E-state index contributed by atoms with van der Waals surface area (Å²) >= 11 is 0. The van der Waals surface area contributed by atoms with E-state index in [1.54, 1.807) is 6.92 Å². The molecule has 70 heavy (non-hydrogen) atoms. The summed E-state index contributed by atoms with van der Waals surface area (Å²) in [7, 11) is 2.66. The van der Waals surface area contributed by atoms with Crippen LogP contribution in [0.25, 0.3) is 0 Å². The van der Waals surface area contributed by atoms with Crippen molar-refractivity contribution >= 4 is 76.9 Å². The summed E-state index contributed by atoms with van der Waals surface area (Å²) in [5, 5.41) is 25.3. The highest BCUT2D eigenvalue weighted by atomic mass is 16.5. The Hall–Kier alpha value is -8.84. The van der Waals surface area contributed by atoms with Crippen LogP contribution in [0.1, 0.15) is 76.5 Å². The van der Waals surface area contributed by atoms with E-state index in [2.05, 4.69) is 46.9 Å². The van der Waals surface area contributed by atoms with Gasteiger partial charge in [-0.1, -0.05) is 0 Å². The van der Waals surface area contributed by atoms with Gasteiger partial charge in [0, 0.05) is 42.7 Å². The third kappa shape index (κ3) is 18.8. The number of aliphatic imine (C=N–C) groups is 3. The molecule has 378 valence electrons. The lowest BCUT2D eigenvalue weighted by atomic mass is 10.1. The summed E-state index contributed by atoms with van der Waals surface area (Å²) in [4.78, 5) is 103. The number of carbonyl (C=O) groups excluding carboxylic acids is 6. The maximum Gasteiger partial charge on any atom is 0.341 e. The third-order valence-corrected chi connectivity index (χ3v) is 9.83. The maximum atomic E-state index is 14.1. The first kappa shape index (κ1) is 55.5. The average molecular weight is 976 g/mol. The molecule has 3 aromatic rings. The van der Waals surface area contributed by atoms with Gasteiger partial charge >= 0.3 is 5.97 Å². The number of guanidine groups is 3. The van der Waals surface area contributed by atoms with E-state index in [0.29, 0.717) is 31.5 Å². The molecular weight excluding hydrogens is 915 g/mol. The van der Waals surface area contributed by atoms with E-state index in [9.17, 15) is 38.7 Å². The van der Waals surface area contributed by atoms with Gasteiger partial charge in [-0.3, -0.25) is 43.7 Å². The number of nitrogens with one attached hydrogen (secondary N) is 6. The van der Waals surface area contributed by atoms with Gasteiger partial charge in [0.15, 0.2) is 24.5 Å². The summed E-state index contributed by atoms with van der Waals surface area (Å²) in [5.74, 6) is -5.15. The Kier molecular flexibility index (Phi) is 22.5. The fourth-order valence-electron chi connectivity index (χ4n) is 6.51. The molecule has 0 saturated carbocycles. The largest absolute Gasteiger partial charge is 0.496 e. The number of methoxy groups -OCH3 is 2. The van der Waals surface area contributed by atoms with E-state index in [1.165, 1.54) is 68.8 Å². The number of aliphatic carboxylic acids is 1. The number of hydrogen-bond donors (Lipinski definition) is 13. The molecule has 3 rings (SSSR count). The van der Waals surface area contributed by atoms with Gasteiger partial charge in [0.25, 0.3) is 17.7 Å². The molecule has 2 unspecified atom stereocenters. The molecule has 0 aliphatic carbocycles. The van der Waals surface area contributed by atoms with Crippen LogP contribution < -0.4 is 80.5 Å². The highest BCUT2D eigenvalue weighted by molar-refractivity contribution is 6.06. The number of nitrogens with two attached hydrogens (primary N) is 6. The highest BCUT2D eigenvalue weighted by Gasteiger charge is 2.27. The van der Waals surface area contributed by atoms with Crippen LogP contribution in [0.2, 0.25) is 0 Å². The second-order valence-corrected chi connectivity index (χ2v) is 15.2. The molecule has 3 atom stereocenters. The minimum atomic E-state index is -1.29. The van der Waals surface area contributed by atoms with Gasteiger partial charge in [0.2, 0.25) is 18.2 Å². The zero-order chi connectivity index (χ0) is 51.8. The minimum Gasteiger partial charge on any atom is -0.496 e. The molecular formula is C44H61N15O11. The molecule has 0 fully saturated rings. The first-order chi connectivity index (χ1) is 33.3. The van der Waals surface area contributed by atoms with E-state index in [0.717, 1.165) is 0 Å². The lowest BCUT2D eigenvalue weighted by Crippen LogP contribution is -2.44. The Morgan fingerprint density at radius 2 is 0.971 bits per heavy atom. The molecule has 0 spiro atoms. The van der Waals surface area contributed by atoms with Crippen molar-refractivity contribution in [1.29, 1.82) is 0 Å². The number of nitrogens with zero attached hydrogens (tertiary/aromatic N) is 3. The van der Waals surface area contributed by atoms with Gasteiger partial charge in [-0.05, 0) is 100 Å². The van der Waals surface area contributed by atoms with Crippen LogP contribution in [0.3, 0.4) is 0 Å². The van der Waals surface area contributed by atoms with Crippen LogP contribution in [0.15, 0.2) is 69.6 Å². The van der Waals surface area contributed by atoms with E-state index in [1.807, 2.05) is 0 Å². The quantitative estimate of drug-likeness (QED) is 0.0180. The molecule has 26 heteroatoms. The van der Waals surface area contributed by atoms with Crippen molar-refractivity contribution in [2.45, 2.75) is 63.6 Å². The third-order valence-electron chi connectivity index (χ3n) is 9.83. The normalized spacial score (nSPS) is 11.7. The number of carboxylic acids is 1. The van der Waals surface area contributed by atoms with Crippen molar-refractivity contribution in [2.75, 3.05) is 56.4 Å². The van der Waals surface area contributed by atoms with Crippen LogP contribution >= 0.6 is 0 Å². The number of hydrogen-bond acceptors (Lipinski definition) is 13. The zero-order valence-corrected chi connectivity index (χ0v) is 38.9. The Labute approximate surface area is 402 Å². The van der Waals surface area contributed by atoms with Crippen molar-refractivity contribution in [3.05, 3.63) is 71.3 Å². The Balaban J connectivity index is 1.92. The van der Waals surface area contributed by atoms with Crippen LogP contribution in [0, 0.1) is 0 Å². The number of anilines is 3. The lowest BCUT2D eigenvalue weighted by molar-refractivity contribution is -0.139. The SMILES string of the molecule is COc1ccc(NC(=O)[C@H](CCCN=C(N)N)NC(=O)c2cc(NC=O)ccc2OC)cc1C(=O)NC(CCCN=C(N)N)C(=O)Nc1ccc(OCC(=O)O)c(C(=O)NC(C)CCCN=C(N)N)c1. The van der Waals surface area contributed by atoms with Crippen molar-refractivity contribution in [3.8, 4) is 17.2 Å². The summed E-state index contributed by atoms with van der Waals surface area (Å²) in [6.07, 6.45) is 1.97. The molecule has 0 radical (unpaired) electrons. The average Bonchev–Trinajstić information content (AvgIpc) is 3.31. The number of benzene rings is 3. The molecule has 0 aromatic heterocycles. The van der Waals surface area contributed by atoms with E-state index < -0.39 is 54.2 Å². The van der Waals surface area contributed by atoms with Gasteiger partial charge in [0.05, 0.1) is 30.9 Å². The van der Waals surface area contributed by atoms with Gasteiger partial charge in [0.1, 0.15) is 29.3 Å². The van der Waals surface area contributed by atoms with Gasteiger partial charge in [-0.2, -0.15) is 0 Å². The molecule has 19 N–H and O–H groups in total. The summed E-state index contributed by atoms with van der Waals surface area (Å²) in [6, 6.07) is 9.68. The predicted octanol–water partition coefficient (Wildman–Crippen LogP) is -0.511. The molecule has 0 bridgehead atoms. The molecule has 26 nitrogen and oxygen atoms in total. The molecule has 0 aliphatic heterocycles. The number of amides is 6. The van der Waals surface area contributed by atoms with Crippen LogP contribution in [-0.4, -0.2) is 123 Å². The first-order valence-corrected chi connectivity index (χ1v) is 21.6. The Morgan fingerprint density at radius 3 is 1.39 bits per heavy atom. The van der Waals surface area contributed by atoms with Crippen molar-refractivity contribution in [1.82, 2.24) is 16.0 Å². The predicted molar refractivity (Wildman–Crippen MR) is 262 cm³/mol. The molecule has 6 amide bonds. The van der Waals surface area contributed by atoms with Crippen molar-refractivity contribution < 1.29 is 52.9 Å². The lowest BCUT2D eigenvalue weighted by Gasteiger charge is -2.21.